The normalized spacial score (nSPS) is 14.9. The van der Waals surface area contributed by atoms with E-state index in [9.17, 15) is 4.79 Å². The summed E-state index contributed by atoms with van der Waals surface area (Å²) in [5.41, 5.74) is 0. The summed E-state index contributed by atoms with van der Waals surface area (Å²) < 4.78 is -0.683. The van der Waals surface area contributed by atoms with Gasteiger partial charge in [-0.05, 0) is 12.8 Å². The van der Waals surface area contributed by atoms with Crippen molar-refractivity contribution in [1.82, 2.24) is 0 Å². The molecule has 0 aliphatic heterocycles. The average molecular weight is 279 g/mol. The highest BCUT2D eigenvalue weighted by atomic mass is 79.9. The Labute approximate surface area is 102 Å². The second-order valence-corrected chi connectivity index (χ2v) is 5.66. The molecule has 0 aromatic rings. The highest BCUT2D eigenvalue weighted by Crippen LogP contribution is 2.29. The van der Waals surface area contributed by atoms with Gasteiger partial charge in [0.15, 0.2) is 0 Å². The van der Waals surface area contributed by atoms with Crippen molar-refractivity contribution in [3.05, 3.63) is 0 Å². The van der Waals surface area contributed by atoms with Gasteiger partial charge >= 0.3 is 5.97 Å². The van der Waals surface area contributed by atoms with E-state index in [0.717, 1.165) is 19.3 Å². The zero-order chi connectivity index (χ0) is 11.7. The van der Waals surface area contributed by atoms with Gasteiger partial charge in [-0.1, -0.05) is 68.3 Å². The maximum absolute atomic E-state index is 11.0. The van der Waals surface area contributed by atoms with Gasteiger partial charge < -0.3 is 5.11 Å². The lowest BCUT2D eigenvalue weighted by Crippen LogP contribution is -2.30. The Hall–Kier alpha value is -0.0500. The molecule has 90 valence electrons. The van der Waals surface area contributed by atoms with E-state index in [1.54, 1.807) is 0 Å². The minimum absolute atomic E-state index is 0.650. The Morgan fingerprint density at radius 1 is 1.13 bits per heavy atom. The van der Waals surface area contributed by atoms with Crippen LogP contribution in [0.1, 0.15) is 65.2 Å². The molecule has 0 aromatic heterocycles. The smallest absolute Gasteiger partial charge is 0.320 e. The monoisotopic (exact) mass is 278 g/mol. The van der Waals surface area contributed by atoms with Gasteiger partial charge in [-0.2, -0.15) is 0 Å². The molecule has 1 atom stereocenters. The number of unbranched alkanes of at least 4 members (excludes halogenated alkanes) is 5. The van der Waals surface area contributed by atoms with Crippen LogP contribution in [0.15, 0.2) is 0 Å². The first-order chi connectivity index (χ1) is 7.06. The quantitative estimate of drug-likeness (QED) is 0.503. The SMILES string of the molecule is CCCCCCCCC(Br)(CC)C(=O)O. The van der Waals surface area contributed by atoms with Crippen molar-refractivity contribution in [2.75, 3.05) is 0 Å². The van der Waals surface area contributed by atoms with Crippen molar-refractivity contribution in [3.8, 4) is 0 Å². The van der Waals surface area contributed by atoms with E-state index in [-0.39, 0.29) is 0 Å². The van der Waals surface area contributed by atoms with Crippen molar-refractivity contribution in [3.63, 3.8) is 0 Å². The molecule has 0 saturated carbocycles. The number of rotatable bonds is 9. The predicted octanol–water partition coefficient (Wildman–Crippen LogP) is 4.37. The number of carboxylic acid groups (broad SMARTS) is 1. The number of aliphatic carboxylic acids is 1. The van der Waals surface area contributed by atoms with Crippen LogP contribution in [0.25, 0.3) is 0 Å². The van der Waals surface area contributed by atoms with Gasteiger partial charge in [-0.25, -0.2) is 0 Å². The summed E-state index contributed by atoms with van der Waals surface area (Å²) in [6.45, 7) is 4.12. The molecule has 0 rings (SSSR count). The maximum atomic E-state index is 11.0. The molecular weight excluding hydrogens is 256 g/mol. The summed E-state index contributed by atoms with van der Waals surface area (Å²) >= 11 is 3.33. The minimum atomic E-state index is -0.724. The fraction of sp³-hybridized carbons (Fsp3) is 0.917. The molecular formula is C12H23BrO2. The van der Waals surface area contributed by atoms with Crippen LogP contribution in [-0.2, 0) is 4.79 Å². The third-order valence-corrected chi connectivity index (χ3v) is 4.17. The molecule has 1 unspecified atom stereocenters. The molecule has 0 fully saturated rings. The van der Waals surface area contributed by atoms with Crippen LogP contribution in [0.3, 0.4) is 0 Å². The summed E-state index contributed by atoms with van der Waals surface area (Å²) in [7, 11) is 0. The Balaban J connectivity index is 3.60. The van der Waals surface area contributed by atoms with Crippen LogP contribution in [0.5, 0.6) is 0 Å². The van der Waals surface area contributed by atoms with Crippen LogP contribution in [0.4, 0.5) is 0 Å². The summed E-state index contributed by atoms with van der Waals surface area (Å²) in [5.74, 6) is -0.724. The second-order valence-electron chi connectivity index (χ2n) is 4.14. The summed E-state index contributed by atoms with van der Waals surface area (Å²) in [4.78, 5) is 11.0. The predicted molar refractivity (Wildman–Crippen MR) is 67.6 cm³/mol. The highest BCUT2D eigenvalue weighted by molar-refractivity contribution is 9.10. The zero-order valence-corrected chi connectivity index (χ0v) is 11.5. The van der Waals surface area contributed by atoms with Gasteiger partial charge in [0.25, 0.3) is 0 Å². The van der Waals surface area contributed by atoms with E-state index in [1.165, 1.54) is 25.7 Å². The average Bonchev–Trinajstić information content (AvgIpc) is 2.22. The Morgan fingerprint density at radius 2 is 1.67 bits per heavy atom. The van der Waals surface area contributed by atoms with Gasteiger partial charge in [0.1, 0.15) is 4.32 Å². The van der Waals surface area contributed by atoms with Gasteiger partial charge in [-0.15, -0.1) is 0 Å². The number of hydrogen-bond donors (Lipinski definition) is 1. The standard InChI is InChI=1S/C12H23BrO2/c1-3-5-6-7-8-9-10-12(13,4-2)11(14)15/h3-10H2,1-2H3,(H,14,15). The number of alkyl halides is 1. The van der Waals surface area contributed by atoms with Crippen LogP contribution >= 0.6 is 15.9 Å². The van der Waals surface area contributed by atoms with E-state index in [1.807, 2.05) is 6.92 Å². The molecule has 0 aliphatic rings. The first-order valence-corrected chi connectivity index (χ1v) is 6.78. The number of hydrogen-bond acceptors (Lipinski definition) is 1. The molecule has 0 amide bonds. The van der Waals surface area contributed by atoms with E-state index < -0.39 is 10.3 Å². The third kappa shape index (κ3) is 6.18. The topological polar surface area (TPSA) is 37.3 Å². The molecule has 15 heavy (non-hydrogen) atoms. The largest absolute Gasteiger partial charge is 0.480 e. The highest BCUT2D eigenvalue weighted by Gasteiger charge is 2.32. The van der Waals surface area contributed by atoms with Gasteiger partial charge in [0.2, 0.25) is 0 Å². The van der Waals surface area contributed by atoms with Crippen LogP contribution < -0.4 is 0 Å². The summed E-state index contributed by atoms with van der Waals surface area (Å²) in [6, 6.07) is 0. The molecule has 2 nitrogen and oxygen atoms in total. The fourth-order valence-corrected chi connectivity index (χ4v) is 1.90. The molecule has 0 aromatic carbocycles. The van der Waals surface area contributed by atoms with Gasteiger partial charge in [0.05, 0.1) is 0 Å². The Morgan fingerprint density at radius 3 is 2.13 bits per heavy atom. The fourth-order valence-electron chi connectivity index (χ4n) is 1.62. The second kappa shape index (κ2) is 8.14. The molecule has 3 heteroatoms. The Kier molecular flexibility index (Phi) is 8.12. The number of carboxylic acids is 1. The number of carbonyl (C=O) groups is 1. The minimum Gasteiger partial charge on any atom is -0.480 e. The van der Waals surface area contributed by atoms with Crippen LogP contribution in [0.2, 0.25) is 0 Å². The van der Waals surface area contributed by atoms with Crippen molar-refractivity contribution in [2.45, 2.75) is 69.5 Å². The third-order valence-electron chi connectivity index (χ3n) is 2.87. The van der Waals surface area contributed by atoms with Gasteiger partial charge in [-0.3, -0.25) is 4.79 Å². The molecule has 0 radical (unpaired) electrons. The zero-order valence-electron chi connectivity index (χ0n) is 9.89. The molecule has 1 N–H and O–H groups in total. The van der Waals surface area contributed by atoms with E-state index >= 15 is 0 Å². The molecule has 0 saturated heterocycles. The lowest BCUT2D eigenvalue weighted by Gasteiger charge is -2.20. The number of halogens is 1. The molecule has 0 bridgehead atoms. The first kappa shape index (κ1) is 14.9. The summed E-state index contributed by atoms with van der Waals surface area (Å²) in [6.07, 6.45) is 8.63. The Bertz CT molecular complexity index is 182. The van der Waals surface area contributed by atoms with E-state index in [4.69, 9.17) is 5.11 Å². The van der Waals surface area contributed by atoms with Gasteiger partial charge in [0, 0.05) is 0 Å². The van der Waals surface area contributed by atoms with Crippen LogP contribution in [0, 0.1) is 0 Å². The molecule has 0 heterocycles. The summed E-state index contributed by atoms with van der Waals surface area (Å²) in [5, 5.41) is 9.03. The lowest BCUT2D eigenvalue weighted by atomic mass is 9.98. The van der Waals surface area contributed by atoms with E-state index in [0.29, 0.717) is 6.42 Å². The van der Waals surface area contributed by atoms with Crippen molar-refractivity contribution in [2.24, 2.45) is 0 Å². The van der Waals surface area contributed by atoms with Crippen molar-refractivity contribution in [1.29, 1.82) is 0 Å². The first-order valence-electron chi connectivity index (χ1n) is 5.99. The molecule has 0 spiro atoms. The maximum Gasteiger partial charge on any atom is 0.320 e. The lowest BCUT2D eigenvalue weighted by molar-refractivity contribution is -0.139. The molecule has 0 aliphatic carbocycles. The van der Waals surface area contributed by atoms with E-state index in [2.05, 4.69) is 22.9 Å². The van der Waals surface area contributed by atoms with Crippen molar-refractivity contribution < 1.29 is 9.90 Å². The van der Waals surface area contributed by atoms with Crippen molar-refractivity contribution >= 4 is 21.9 Å². The van der Waals surface area contributed by atoms with Crippen LogP contribution in [-0.4, -0.2) is 15.4 Å².